The smallest absolute Gasteiger partial charge is 0.265 e. The maximum absolute atomic E-state index is 11.9. The van der Waals surface area contributed by atoms with E-state index < -0.39 is 0 Å². The molecule has 0 atom stereocenters. The van der Waals surface area contributed by atoms with Crippen LogP contribution in [0.15, 0.2) is 17.0 Å². The molecular weight excluding hydrogens is 496 g/mol. The number of hydrogen-bond donors (Lipinski definition) is 1. The Morgan fingerprint density at radius 3 is 2.39 bits per heavy atom. The summed E-state index contributed by atoms with van der Waals surface area (Å²) in [7, 11) is 1.67. The van der Waals surface area contributed by atoms with Gasteiger partial charge in [-0.3, -0.25) is 9.69 Å². The number of carbonyl (C=O) groups is 1. The predicted octanol–water partition coefficient (Wildman–Crippen LogP) is 3.43. The molecule has 1 amide bonds. The van der Waals surface area contributed by atoms with Crippen LogP contribution in [0, 0.1) is 7.14 Å². The van der Waals surface area contributed by atoms with Gasteiger partial charge in [0.05, 0.1) is 12.0 Å². The molecule has 1 aromatic carbocycles. The van der Waals surface area contributed by atoms with Gasteiger partial charge in [0.2, 0.25) is 0 Å². The topological polar surface area (TPSA) is 40.5 Å². The third kappa shape index (κ3) is 2.83. The highest BCUT2D eigenvalue weighted by molar-refractivity contribution is 14.1. The van der Waals surface area contributed by atoms with Crippen molar-refractivity contribution in [3.63, 3.8) is 0 Å². The van der Waals surface area contributed by atoms with Crippen LogP contribution >= 0.6 is 69.2 Å². The van der Waals surface area contributed by atoms with Crippen LogP contribution in [0.3, 0.4) is 0 Å². The van der Waals surface area contributed by atoms with Crippen molar-refractivity contribution in [3.8, 4) is 5.75 Å². The molecule has 1 saturated heterocycles. The predicted molar refractivity (Wildman–Crippen MR) is 94.5 cm³/mol. The molecule has 1 aromatic rings. The zero-order valence-corrected chi connectivity index (χ0v) is 15.1. The Hall–Kier alpha value is 0.130. The Morgan fingerprint density at radius 1 is 1.39 bits per heavy atom. The van der Waals surface area contributed by atoms with E-state index in [2.05, 4.69) is 45.2 Å². The summed E-state index contributed by atoms with van der Waals surface area (Å²) in [4.78, 5) is 13.9. The van der Waals surface area contributed by atoms with Gasteiger partial charge in [-0.2, -0.15) is 0 Å². The standard InChI is InChI=1S/C11H7I2NO2S2/c1-14-10(16)8(18-11(14)17)4-5-2-6(12)9(15)7(13)3-5/h2-4,15H,1H3/b8-4+. The number of aromatic hydroxyl groups is 1. The number of likely N-dealkylation sites (N-methyl/N-ethyl adjacent to an activating group) is 1. The fourth-order valence-electron chi connectivity index (χ4n) is 1.37. The van der Waals surface area contributed by atoms with E-state index in [1.165, 1.54) is 16.7 Å². The van der Waals surface area contributed by atoms with Gasteiger partial charge < -0.3 is 5.11 Å². The van der Waals surface area contributed by atoms with Gasteiger partial charge in [-0.25, -0.2) is 0 Å². The highest BCUT2D eigenvalue weighted by Gasteiger charge is 2.28. The number of phenols is 1. The summed E-state index contributed by atoms with van der Waals surface area (Å²) in [5.41, 5.74) is 0.885. The van der Waals surface area contributed by atoms with Crippen LogP contribution in [0.4, 0.5) is 0 Å². The summed E-state index contributed by atoms with van der Waals surface area (Å²) in [6.07, 6.45) is 1.80. The quantitative estimate of drug-likeness (QED) is 0.363. The molecule has 0 bridgehead atoms. The minimum atomic E-state index is -0.0805. The molecule has 1 fully saturated rings. The van der Waals surface area contributed by atoms with Crippen LogP contribution in [0.5, 0.6) is 5.75 Å². The normalized spacial score (nSPS) is 17.9. The van der Waals surface area contributed by atoms with Gasteiger partial charge in [-0.05, 0) is 69.0 Å². The molecule has 7 heteroatoms. The molecule has 3 nitrogen and oxygen atoms in total. The first-order chi connectivity index (χ1) is 8.40. The fourth-order valence-corrected chi connectivity index (χ4v) is 4.36. The van der Waals surface area contributed by atoms with Crippen molar-refractivity contribution in [2.45, 2.75) is 0 Å². The summed E-state index contributed by atoms with van der Waals surface area (Å²) in [5.74, 6) is 0.194. The number of benzene rings is 1. The lowest BCUT2D eigenvalue weighted by Gasteiger charge is -2.04. The first-order valence-electron chi connectivity index (χ1n) is 4.79. The van der Waals surface area contributed by atoms with E-state index in [1.807, 2.05) is 12.1 Å². The van der Waals surface area contributed by atoms with E-state index in [0.717, 1.165) is 12.7 Å². The van der Waals surface area contributed by atoms with E-state index in [0.29, 0.717) is 9.23 Å². The highest BCUT2D eigenvalue weighted by Crippen LogP contribution is 2.33. The van der Waals surface area contributed by atoms with Crippen molar-refractivity contribution in [1.82, 2.24) is 4.90 Å². The molecule has 18 heavy (non-hydrogen) atoms. The molecule has 1 heterocycles. The van der Waals surface area contributed by atoms with Gasteiger partial charge in [0.15, 0.2) is 0 Å². The SMILES string of the molecule is CN1C(=O)/C(=C\c2cc(I)c(O)c(I)c2)SC1=S. The summed E-state index contributed by atoms with van der Waals surface area (Å²) >= 11 is 10.5. The third-order valence-electron chi connectivity index (χ3n) is 2.32. The number of amides is 1. The van der Waals surface area contributed by atoms with Gasteiger partial charge in [0.25, 0.3) is 5.91 Å². The summed E-state index contributed by atoms with van der Waals surface area (Å²) in [6.45, 7) is 0. The van der Waals surface area contributed by atoms with Crippen LogP contribution in [-0.2, 0) is 4.79 Å². The average Bonchev–Trinajstić information content (AvgIpc) is 2.54. The lowest BCUT2D eigenvalue weighted by Crippen LogP contribution is -2.22. The molecule has 0 saturated carbocycles. The average molecular weight is 503 g/mol. The molecule has 1 aliphatic rings. The number of hydrogen-bond acceptors (Lipinski definition) is 4. The van der Waals surface area contributed by atoms with Crippen LogP contribution in [-0.4, -0.2) is 27.3 Å². The molecule has 0 radical (unpaired) electrons. The molecule has 0 unspecified atom stereocenters. The van der Waals surface area contributed by atoms with Gasteiger partial charge in [0, 0.05) is 7.05 Å². The maximum Gasteiger partial charge on any atom is 0.265 e. The largest absolute Gasteiger partial charge is 0.506 e. The molecule has 1 aliphatic heterocycles. The molecule has 2 rings (SSSR count). The van der Waals surface area contributed by atoms with Gasteiger partial charge >= 0.3 is 0 Å². The van der Waals surface area contributed by atoms with Crippen LogP contribution in [0.2, 0.25) is 0 Å². The number of carbonyl (C=O) groups excluding carboxylic acids is 1. The summed E-state index contributed by atoms with van der Waals surface area (Å²) in [5, 5.41) is 9.69. The third-order valence-corrected chi connectivity index (χ3v) is 5.45. The lowest BCUT2D eigenvalue weighted by atomic mass is 10.2. The van der Waals surface area contributed by atoms with Crippen molar-refractivity contribution in [1.29, 1.82) is 0 Å². The first-order valence-corrected chi connectivity index (χ1v) is 8.18. The lowest BCUT2D eigenvalue weighted by molar-refractivity contribution is -0.121. The second-order valence-electron chi connectivity index (χ2n) is 3.57. The first kappa shape index (κ1) is 14.5. The van der Waals surface area contributed by atoms with E-state index in [9.17, 15) is 9.90 Å². The minimum Gasteiger partial charge on any atom is -0.506 e. The van der Waals surface area contributed by atoms with Crippen molar-refractivity contribution < 1.29 is 9.90 Å². The minimum absolute atomic E-state index is 0.0805. The number of halogens is 2. The van der Waals surface area contributed by atoms with Crippen molar-refractivity contribution >= 4 is 85.5 Å². The Labute approximate surface area is 141 Å². The molecular formula is C11H7I2NO2S2. The fraction of sp³-hybridized carbons (Fsp3) is 0.0909. The number of thioether (sulfide) groups is 1. The number of thiocarbonyl (C=S) groups is 1. The number of nitrogens with zero attached hydrogens (tertiary/aromatic N) is 1. The van der Waals surface area contributed by atoms with Crippen molar-refractivity contribution in [3.05, 3.63) is 29.7 Å². The van der Waals surface area contributed by atoms with Crippen LogP contribution in [0.25, 0.3) is 6.08 Å². The van der Waals surface area contributed by atoms with Crippen LogP contribution < -0.4 is 0 Å². The summed E-state index contributed by atoms with van der Waals surface area (Å²) in [6, 6.07) is 3.67. The summed E-state index contributed by atoms with van der Waals surface area (Å²) < 4.78 is 2.09. The molecule has 94 valence electrons. The Bertz CT molecular complexity index is 563. The van der Waals surface area contributed by atoms with Crippen molar-refractivity contribution in [2.24, 2.45) is 0 Å². The van der Waals surface area contributed by atoms with E-state index >= 15 is 0 Å². The molecule has 1 N–H and O–H groups in total. The maximum atomic E-state index is 11.9. The molecule has 0 aromatic heterocycles. The number of rotatable bonds is 1. The number of phenolic OH excluding ortho intramolecular Hbond substituents is 1. The Morgan fingerprint density at radius 2 is 1.94 bits per heavy atom. The van der Waals surface area contributed by atoms with Gasteiger partial charge in [-0.15, -0.1) is 0 Å². The highest BCUT2D eigenvalue weighted by atomic mass is 127. The van der Waals surface area contributed by atoms with Gasteiger partial charge in [-0.1, -0.05) is 24.0 Å². The van der Waals surface area contributed by atoms with Crippen molar-refractivity contribution in [2.75, 3.05) is 7.05 Å². The van der Waals surface area contributed by atoms with E-state index in [-0.39, 0.29) is 11.7 Å². The second-order valence-corrected chi connectivity index (χ2v) is 7.57. The monoisotopic (exact) mass is 503 g/mol. The van der Waals surface area contributed by atoms with E-state index in [1.54, 1.807) is 13.1 Å². The Balaban J connectivity index is 2.40. The van der Waals surface area contributed by atoms with Crippen LogP contribution in [0.1, 0.15) is 5.56 Å². The van der Waals surface area contributed by atoms with Gasteiger partial charge in [0.1, 0.15) is 10.1 Å². The van der Waals surface area contributed by atoms with E-state index in [4.69, 9.17) is 12.2 Å². The molecule has 0 spiro atoms. The Kier molecular flexibility index (Phi) is 4.55. The molecule has 0 aliphatic carbocycles. The zero-order chi connectivity index (χ0) is 13.4. The zero-order valence-electron chi connectivity index (χ0n) is 9.11. The second kappa shape index (κ2) is 5.63.